The third kappa shape index (κ3) is 18.6. The third-order valence-corrected chi connectivity index (χ3v) is 12.0. The Morgan fingerprint density at radius 1 is 0.662 bits per heavy atom. The maximum absolute atomic E-state index is 12.6. The Morgan fingerprint density at radius 3 is 1.78 bits per heavy atom. The highest BCUT2D eigenvalue weighted by molar-refractivity contribution is 5.71. The van der Waals surface area contributed by atoms with Crippen LogP contribution >= 0.6 is 0 Å². The molecular weight excluding hydrogens is 851 g/mol. The monoisotopic (exact) mass is 923 g/mol. The van der Waals surface area contributed by atoms with Gasteiger partial charge in [0.25, 0.3) is 0 Å². The van der Waals surface area contributed by atoms with Gasteiger partial charge in [0, 0.05) is 31.1 Å². The van der Waals surface area contributed by atoms with E-state index in [0.717, 1.165) is 0 Å². The molecule has 0 aromatic rings. The summed E-state index contributed by atoms with van der Waals surface area (Å²) >= 11 is 0. The number of ether oxygens (including phenoxy) is 4. The Labute approximate surface area is 381 Å². The van der Waals surface area contributed by atoms with E-state index in [4.69, 9.17) is 24.7 Å². The molecule has 2 saturated heterocycles. The Balaban J connectivity index is 1.86. The minimum atomic E-state index is -2.36. The molecule has 0 aromatic carbocycles. The molecule has 0 aromatic heterocycles. The largest absolute Gasteiger partial charge is 0.481 e. The maximum atomic E-state index is 12.6. The first-order valence-corrected chi connectivity index (χ1v) is 22.3. The summed E-state index contributed by atoms with van der Waals surface area (Å²) in [6.07, 6.45) is 3.49. The van der Waals surface area contributed by atoms with Gasteiger partial charge in [0.05, 0.1) is 79.6 Å². The molecule has 3 aliphatic rings. The fraction of sp³-hybridized carbons (Fsp3) is 0.660. The van der Waals surface area contributed by atoms with Crippen molar-refractivity contribution in [2.75, 3.05) is 0 Å². The molecule has 18 heteroatoms. The van der Waals surface area contributed by atoms with E-state index in [2.05, 4.69) is 0 Å². The molecule has 13 unspecified atom stereocenters. The fourth-order valence-corrected chi connectivity index (χ4v) is 7.96. The van der Waals surface area contributed by atoms with Crippen molar-refractivity contribution in [3.8, 4) is 0 Å². The number of hydrogen-bond donors (Lipinski definition) is 12. The second kappa shape index (κ2) is 27.4. The number of aliphatic hydroxyl groups is 10. The number of fused-ring (bicyclic) bond motifs is 2. The first kappa shape index (κ1) is 55.9. The van der Waals surface area contributed by atoms with Crippen LogP contribution in [0.25, 0.3) is 0 Å². The van der Waals surface area contributed by atoms with Crippen LogP contribution in [0.2, 0.25) is 0 Å². The van der Waals surface area contributed by atoms with E-state index in [0.29, 0.717) is 0 Å². The first-order chi connectivity index (χ1) is 30.6. The van der Waals surface area contributed by atoms with Crippen molar-refractivity contribution >= 4 is 11.9 Å². The molecule has 65 heavy (non-hydrogen) atoms. The van der Waals surface area contributed by atoms with Crippen LogP contribution in [0.3, 0.4) is 0 Å². The Hall–Kier alpha value is -3.44. The average molecular weight is 924 g/mol. The van der Waals surface area contributed by atoms with Gasteiger partial charge in [-0.1, -0.05) is 98.9 Å². The molecule has 18 nitrogen and oxygen atoms in total. The molecule has 3 rings (SSSR count). The predicted molar refractivity (Wildman–Crippen MR) is 237 cm³/mol. The molecule has 2 fully saturated rings. The number of rotatable bonds is 3. The summed E-state index contributed by atoms with van der Waals surface area (Å²) in [5.41, 5.74) is 6.02. The minimum absolute atomic E-state index is 0.140. The van der Waals surface area contributed by atoms with Gasteiger partial charge in [0.15, 0.2) is 12.1 Å². The number of carboxylic acids is 1. The molecule has 13 N–H and O–H groups in total. The smallest absolute Gasteiger partial charge is 0.311 e. The van der Waals surface area contributed by atoms with Gasteiger partial charge in [-0.15, -0.1) is 0 Å². The predicted octanol–water partition coefficient (Wildman–Crippen LogP) is 0.712. The van der Waals surface area contributed by atoms with E-state index in [-0.39, 0.29) is 38.0 Å². The Morgan fingerprint density at radius 2 is 1.20 bits per heavy atom. The van der Waals surface area contributed by atoms with E-state index >= 15 is 0 Å². The van der Waals surface area contributed by atoms with Crippen molar-refractivity contribution < 1.29 is 84.7 Å². The van der Waals surface area contributed by atoms with Gasteiger partial charge in [-0.3, -0.25) is 9.59 Å². The zero-order chi connectivity index (χ0) is 48.4. The standard InChI is InChI=1S/C47H73NO17/c1-27-17-15-13-11-9-7-5-6-8-10-12-14-16-18-34(64-46-44(58)41(48)43(57)30(4)63-46)24-38-40(45(59)60)37(54)26-47(61,65-38)25-36(53)35(52)20-19-31(49)21-32(50)22-33(51)23-39(55)62-29(3)28(2)42(27)56/h5-18,27-38,40-44,46,49-54,56-58,61H,19-26,48H2,1-4H3,(H,59,60)/b6-5+,9-7+,10-8+,13-11+,14-12+,17-15+,18-16+/t27-,28-,29-,30?,31?,32?,33?,34-,35?,36?,37?,38?,40?,41?,42+,43?,44?,46?,47+/m0/s1. The van der Waals surface area contributed by atoms with Gasteiger partial charge in [0.1, 0.15) is 18.1 Å². The van der Waals surface area contributed by atoms with Crippen molar-refractivity contribution in [3.05, 3.63) is 85.1 Å². The SMILES string of the molecule is CC1OC(O[C@H]2/C=C/C=C/C=C/C=C/C=C/C=C/C=C/[C@H](C)[C@@H](O)[C@@H](C)[C@H](C)OC(=O)CC(O)CC(O)CC(O)CCC(O)C(O)C[C@]3(O)CC(O)C(C(=O)O)C(C2)O3)C(O)C(N)C1O. The number of aliphatic hydroxyl groups excluding tert-OH is 9. The summed E-state index contributed by atoms with van der Waals surface area (Å²) < 4.78 is 23.1. The Kier molecular flexibility index (Phi) is 23.6. The van der Waals surface area contributed by atoms with Crippen molar-refractivity contribution in [1.29, 1.82) is 0 Å². The molecule has 2 bridgehead atoms. The number of hydrogen-bond acceptors (Lipinski definition) is 17. The van der Waals surface area contributed by atoms with Gasteiger partial charge >= 0.3 is 11.9 Å². The van der Waals surface area contributed by atoms with E-state index in [9.17, 15) is 65.8 Å². The molecule has 3 aliphatic heterocycles. The molecule has 0 radical (unpaired) electrons. The fourth-order valence-electron chi connectivity index (χ4n) is 7.96. The second-order valence-corrected chi connectivity index (χ2v) is 17.6. The maximum Gasteiger partial charge on any atom is 0.311 e. The zero-order valence-electron chi connectivity index (χ0n) is 37.6. The number of aliphatic carboxylic acids is 1. The van der Waals surface area contributed by atoms with E-state index < -0.39 is 141 Å². The molecule has 0 aliphatic carbocycles. The van der Waals surface area contributed by atoms with Gasteiger partial charge in [-0.2, -0.15) is 0 Å². The van der Waals surface area contributed by atoms with Crippen LogP contribution in [-0.4, -0.2) is 166 Å². The zero-order valence-corrected chi connectivity index (χ0v) is 37.6. The van der Waals surface area contributed by atoms with Crippen LogP contribution in [0.1, 0.15) is 79.1 Å². The van der Waals surface area contributed by atoms with Crippen LogP contribution in [-0.2, 0) is 28.5 Å². The Bertz CT molecular complexity index is 1670. The highest BCUT2D eigenvalue weighted by Gasteiger charge is 2.51. The quantitative estimate of drug-likeness (QED) is 0.174. The molecule has 0 amide bonds. The van der Waals surface area contributed by atoms with Gasteiger partial charge in [0.2, 0.25) is 0 Å². The third-order valence-electron chi connectivity index (χ3n) is 12.0. The second-order valence-electron chi connectivity index (χ2n) is 17.6. The highest BCUT2D eigenvalue weighted by Crippen LogP contribution is 2.38. The normalized spacial score (nSPS) is 45.5. The lowest BCUT2D eigenvalue weighted by Gasteiger charge is -2.45. The molecule has 19 atom stereocenters. The van der Waals surface area contributed by atoms with Crippen molar-refractivity contribution in [2.24, 2.45) is 23.5 Å². The lowest BCUT2D eigenvalue weighted by Crippen LogP contribution is -2.61. The summed E-state index contributed by atoms with van der Waals surface area (Å²) in [6.45, 7) is 6.74. The number of cyclic esters (lactones) is 1. The topological polar surface area (TPSA) is 320 Å². The van der Waals surface area contributed by atoms with Crippen molar-refractivity contribution in [3.63, 3.8) is 0 Å². The van der Waals surface area contributed by atoms with Gasteiger partial charge in [-0.05, 0) is 39.5 Å². The van der Waals surface area contributed by atoms with Crippen molar-refractivity contribution in [1.82, 2.24) is 0 Å². The highest BCUT2D eigenvalue weighted by atomic mass is 16.7. The number of nitrogens with two attached hydrogens (primary N) is 1. The molecule has 368 valence electrons. The molecular formula is C47H73NO17. The summed E-state index contributed by atoms with van der Waals surface area (Å²) in [6, 6.07) is -1.15. The molecule has 0 saturated carbocycles. The van der Waals surface area contributed by atoms with Crippen LogP contribution in [0.5, 0.6) is 0 Å². The summed E-state index contributed by atoms with van der Waals surface area (Å²) in [4.78, 5) is 25.1. The lowest BCUT2D eigenvalue weighted by atomic mass is 9.82. The lowest BCUT2D eigenvalue weighted by molar-refractivity contribution is -0.310. The minimum Gasteiger partial charge on any atom is -0.481 e. The van der Waals surface area contributed by atoms with Crippen LogP contribution in [0, 0.1) is 17.8 Å². The van der Waals surface area contributed by atoms with Crippen molar-refractivity contribution in [2.45, 2.75) is 177 Å². The van der Waals surface area contributed by atoms with Crippen LogP contribution in [0.15, 0.2) is 85.1 Å². The molecule has 0 spiro atoms. The first-order valence-electron chi connectivity index (χ1n) is 22.3. The number of carbonyl (C=O) groups excluding carboxylic acids is 1. The summed E-state index contributed by atoms with van der Waals surface area (Å²) in [5.74, 6) is -6.88. The van der Waals surface area contributed by atoms with Crippen LogP contribution in [0.4, 0.5) is 0 Å². The average Bonchev–Trinajstić information content (AvgIpc) is 3.21. The number of esters is 1. The number of carbonyl (C=O) groups is 2. The number of allylic oxidation sites excluding steroid dienone is 12. The van der Waals surface area contributed by atoms with E-state index in [1.54, 1.807) is 86.8 Å². The van der Waals surface area contributed by atoms with E-state index in [1.165, 1.54) is 13.0 Å². The van der Waals surface area contributed by atoms with Gasteiger partial charge < -0.3 is 80.9 Å². The van der Waals surface area contributed by atoms with Gasteiger partial charge in [-0.25, -0.2) is 0 Å². The van der Waals surface area contributed by atoms with Crippen LogP contribution < -0.4 is 5.73 Å². The summed E-state index contributed by atoms with van der Waals surface area (Å²) in [7, 11) is 0. The summed E-state index contributed by atoms with van der Waals surface area (Å²) in [5, 5.41) is 118. The molecule has 3 heterocycles. The number of carboxylic acid groups (broad SMARTS) is 1. The van der Waals surface area contributed by atoms with E-state index in [1.807, 2.05) is 13.0 Å².